The Bertz CT molecular complexity index is 962. The van der Waals surface area contributed by atoms with Gasteiger partial charge in [-0.25, -0.2) is 4.39 Å². The molecule has 3 aliphatic heterocycles. The highest BCUT2D eigenvalue weighted by atomic mass is 19.1. The molecule has 0 saturated carbocycles. The number of rotatable bonds is 0. The van der Waals surface area contributed by atoms with Crippen molar-refractivity contribution < 1.29 is 13.9 Å². The van der Waals surface area contributed by atoms with Crippen molar-refractivity contribution in [3.63, 3.8) is 0 Å². The number of fused-ring (bicyclic) bond motifs is 6. The minimum atomic E-state index is -0.445. The van der Waals surface area contributed by atoms with Crippen LogP contribution >= 0.6 is 0 Å². The Balaban J connectivity index is 1.60. The molecule has 1 amide bonds. The third kappa shape index (κ3) is 3.34. The van der Waals surface area contributed by atoms with Gasteiger partial charge in [0.15, 0.2) is 0 Å². The third-order valence-electron chi connectivity index (χ3n) is 7.16. The zero-order valence-corrected chi connectivity index (χ0v) is 17.5. The van der Waals surface area contributed by atoms with Crippen molar-refractivity contribution in [3.8, 4) is 11.1 Å². The molecule has 1 N–H and O–H groups in total. The van der Waals surface area contributed by atoms with Crippen LogP contribution in [0.25, 0.3) is 11.1 Å². The number of carbonyl (C=O) groups excluding carboxylic acids is 1. The number of carbonyl (C=O) groups is 1. The Labute approximate surface area is 177 Å². The van der Waals surface area contributed by atoms with Crippen molar-refractivity contribution in [2.75, 3.05) is 19.8 Å². The van der Waals surface area contributed by atoms with Gasteiger partial charge < -0.3 is 10.1 Å². The summed E-state index contributed by atoms with van der Waals surface area (Å²) in [5.74, 6) is -0.201. The second-order valence-electron chi connectivity index (χ2n) is 9.10. The van der Waals surface area contributed by atoms with Crippen LogP contribution in [-0.2, 0) is 22.4 Å². The second kappa shape index (κ2) is 7.78. The van der Waals surface area contributed by atoms with Gasteiger partial charge in [0.2, 0.25) is 5.91 Å². The Kier molecular flexibility index (Phi) is 5.11. The summed E-state index contributed by atoms with van der Waals surface area (Å²) in [5, 5.41) is 3.25. The van der Waals surface area contributed by atoms with E-state index in [2.05, 4.69) is 23.2 Å². The highest BCUT2D eigenvalue weighted by molar-refractivity contribution is 5.79. The fourth-order valence-corrected chi connectivity index (χ4v) is 5.82. The number of hydrogen-bond donors (Lipinski definition) is 1. The molecule has 5 rings (SSSR count). The number of ether oxygens (including phenoxy) is 1. The maximum Gasteiger partial charge on any atom is 0.246 e. The first-order valence-corrected chi connectivity index (χ1v) is 11.1. The van der Waals surface area contributed by atoms with Gasteiger partial charge in [0.05, 0.1) is 12.1 Å². The molecule has 1 spiro atoms. The van der Waals surface area contributed by atoms with Crippen LogP contribution in [0.15, 0.2) is 42.5 Å². The van der Waals surface area contributed by atoms with E-state index in [9.17, 15) is 4.79 Å². The van der Waals surface area contributed by atoms with Gasteiger partial charge in [-0.2, -0.15) is 0 Å². The summed E-state index contributed by atoms with van der Waals surface area (Å²) in [4.78, 5) is 14.7. The average molecular weight is 409 g/mol. The molecule has 4 nitrogen and oxygen atoms in total. The van der Waals surface area contributed by atoms with Crippen LogP contribution in [0.5, 0.6) is 0 Å². The van der Waals surface area contributed by atoms with Gasteiger partial charge in [0.1, 0.15) is 12.4 Å². The molecule has 5 heteroatoms. The van der Waals surface area contributed by atoms with E-state index in [1.807, 2.05) is 36.4 Å². The summed E-state index contributed by atoms with van der Waals surface area (Å²) >= 11 is 0. The van der Waals surface area contributed by atoms with E-state index in [0.717, 1.165) is 37.8 Å². The van der Waals surface area contributed by atoms with Gasteiger partial charge in [0.25, 0.3) is 0 Å². The van der Waals surface area contributed by atoms with Crippen molar-refractivity contribution in [1.29, 1.82) is 0 Å². The van der Waals surface area contributed by atoms with E-state index in [1.165, 1.54) is 5.56 Å². The van der Waals surface area contributed by atoms with Crippen LogP contribution in [0.3, 0.4) is 0 Å². The van der Waals surface area contributed by atoms with Gasteiger partial charge in [-0.1, -0.05) is 42.5 Å². The number of nitrogens with zero attached hydrogens (tertiary/aromatic N) is 1. The standard InChI is InChI=1S/C25H29FN2O2/c1-17-14-25(16-30-15-23(29)27-25)22-13-19-9-6-11-21(24(19)26)20-10-3-2-7-18(20)8-4-5-12-28(17)22/h2-3,6-7,9-11,17,22H,4-5,8,12-16H2,1H3,(H,27,29)/t17-,22?,25?/m1/s1. The SMILES string of the molecule is C[C@@H]1CC2(COCC(=O)N2)C2Cc3cccc(c3F)-c3ccccc3CCCCN21. The minimum Gasteiger partial charge on any atom is -0.369 e. The normalized spacial score (nSPS) is 29.5. The van der Waals surface area contributed by atoms with Crippen molar-refractivity contribution in [2.45, 2.75) is 56.7 Å². The number of nitrogens with one attached hydrogen (secondary N) is 1. The molecule has 158 valence electrons. The molecule has 2 aromatic carbocycles. The number of aryl methyl sites for hydroxylation is 1. The molecule has 2 fully saturated rings. The molecule has 0 aliphatic carbocycles. The molecule has 2 saturated heterocycles. The predicted octanol–water partition coefficient (Wildman–Crippen LogP) is 3.72. The molecule has 2 bridgehead atoms. The second-order valence-corrected chi connectivity index (χ2v) is 9.10. The first kappa shape index (κ1) is 19.7. The summed E-state index contributed by atoms with van der Waals surface area (Å²) in [7, 11) is 0. The highest BCUT2D eigenvalue weighted by Crippen LogP contribution is 2.39. The molecule has 3 atom stereocenters. The fraction of sp³-hybridized carbons (Fsp3) is 0.480. The average Bonchev–Trinajstić information content (AvgIpc) is 2.96. The van der Waals surface area contributed by atoms with Crippen molar-refractivity contribution in [2.24, 2.45) is 0 Å². The lowest BCUT2D eigenvalue weighted by atomic mass is 9.84. The molecule has 3 heterocycles. The molecule has 2 aromatic rings. The zero-order valence-electron chi connectivity index (χ0n) is 17.5. The van der Waals surface area contributed by atoms with Gasteiger partial charge >= 0.3 is 0 Å². The largest absolute Gasteiger partial charge is 0.369 e. The molecule has 0 aromatic heterocycles. The summed E-state index contributed by atoms with van der Waals surface area (Å²) in [5.41, 5.74) is 3.16. The minimum absolute atomic E-state index is 0.0242. The first-order valence-electron chi connectivity index (χ1n) is 11.1. The van der Waals surface area contributed by atoms with Crippen LogP contribution in [0.4, 0.5) is 4.39 Å². The Hall–Kier alpha value is -2.24. The van der Waals surface area contributed by atoms with E-state index in [1.54, 1.807) is 0 Å². The number of morpholine rings is 1. The maximum absolute atomic E-state index is 15.8. The van der Waals surface area contributed by atoms with E-state index in [4.69, 9.17) is 4.74 Å². The van der Waals surface area contributed by atoms with Crippen molar-refractivity contribution in [1.82, 2.24) is 10.2 Å². The number of halogens is 1. The van der Waals surface area contributed by atoms with Crippen LogP contribution < -0.4 is 5.32 Å². The Morgan fingerprint density at radius 2 is 1.90 bits per heavy atom. The Morgan fingerprint density at radius 1 is 1.10 bits per heavy atom. The lowest BCUT2D eigenvalue weighted by molar-refractivity contribution is -0.136. The Morgan fingerprint density at radius 3 is 2.77 bits per heavy atom. The van der Waals surface area contributed by atoms with Gasteiger partial charge in [-0.15, -0.1) is 0 Å². The maximum atomic E-state index is 15.8. The van der Waals surface area contributed by atoms with E-state index >= 15 is 4.39 Å². The molecule has 30 heavy (non-hydrogen) atoms. The summed E-state index contributed by atoms with van der Waals surface area (Å²) in [6.45, 7) is 3.78. The van der Waals surface area contributed by atoms with Crippen LogP contribution in [0.1, 0.15) is 37.3 Å². The molecule has 2 unspecified atom stereocenters. The van der Waals surface area contributed by atoms with E-state index < -0.39 is 5.54 Å². The summed E-state index contributed by atoms with van der Waals surface area (Å²) in [6.07, 6.45) is 4.49. The number of amides is 1. The van der Waals surface area contributed by atoms with E-state index in [0.29, 0.717) is 30.2 Å². The molecule has 3 aliphatic rings. The molecular weight excluding hydrogens is 379 g/mol. The lowest BCUT2D eigenvalue weighted by Crippen LogP contribution is -2.64. The van der Waals surface area contributed by atoms with Crippen molar-refractivity contribution in [3.05, 3.63) is 59.4 Å². The summed E-state index contributed by atoms with van der Waals surface area (Å²) < 4.78 is 21.5. The van der Waals surface area contributed by atoms with Gasteiger partial charge in [-0.05, 0) is 62.3 Å². The third-order valence-corrected chi connectivity index (χ3v) is 7.16. The van der Waals surface area contributed by atoms with E-state index in [-0.39, 0.29) is 24.4 Å². The van der Waals surface area contributed by atoms with Crippen LogP contribution in [0, 0.1) is 5.82 Å². The van der Waals surface area contributed by atoms with Gasteiger partial charge in [0, 0.05) is 17.6 Å². The van der Waals surface area contributed by atoms with Crippen molar-refractivity contribution >= 4 is 5.91 Å². The first-order chi connectivity index (χ1) is 14.6. The van der Waals surface area contributed by atoms with Gasteiger partial charge in [-0.3, -0.25) is 9.69 Å². The molecular formula is C25H29FN2O2. The quantitative estimate of drug-likeness (QED) is 0.722. The summed E-state index contributed by atoms with van der Waals surface area (Å²) in [6, 6.07) is 14.3. The highest BCUT2D eigenvalue weighted by Gasteiger charge is 2.53. The zero-order chi connectivity index (χ0) is 20.7. The van der Waals surface area contributed by atoms with Crippen LogP contribution in [0.2, 0.25) is 0 Å². The number of hydrogen-bond acceptors (Lipinski definition) is 3. The lowest BCUT2D eigenvalue weighted by Gasteiger charge is -2.41. The van der Waals surface area contributed by atoms with Crippen LogP contribution in [-0.4, -0.2) is 48.2 Å². The molecule has 0 radical (unpaired) electrons. The predicted molar refractivity (Wildman–Crippen MR) is 115 cm³/mol. The topological polar surface area (TPSA) is 41.6 Å². The fourth-order valence-electron chi connectivity index (χ4n) is 5.82. The monoisotopic (exact) mass is 408 g/mol. The smallest absolute Gasteiger partial charge is 0.246 e. The number of benzene rings is 2.